The minimum Gasteiger partial charge on any atom is -0.454 e. The Balaban J connectivity index is 1.85. The highest BCUT2D eigenvalue weighted by Gasteiger charge is 2.54. The van der Waals surface area contributed by atoms with Gasteiger partial charge in [-0.05, 0) is 0 Å². The molecule has 0 saturated carbocycles. The van der Waals surface area contributed by atoms with Crippen molar-refractivity contribution in [3.63, 3.8) is 0 Å². The third kappa shape index (κ3) is 1.25. The molecule has 0 amide bonds. The van der Waals surface area contributed by atoms with Crippen molar-refractivity contribution in [2.24, 2.45) is 4.99 Å². The summed E-state index contributed by atoms with van der Waals surface area (Å²) in [6, 6.07) is 0.349. The zero-order valence-electron chi connectivity index (χ0n) is 8.54. The highest BCUT2D eigenvalue weighted by Crippen LogP contribution is 2.33. The summed E-state index contributed by atoms with van der Waals surface area (Å²) < 4.78 is 11.0. The molecule has 3 heterocycles. The number of rotatable bonds is 1. The van der Waals surface area contributed by atoms with Crippen LogP contribution in [0.4, 0.5) is 0 Å². The molecule has 3 aliphatic heterocycles. The quantitative estimate of drug-likeness (QED) is 0.506. The van der Waals surface area contributed by atoms with Crippen LogP contribution in [0.3, 0.4) is 0 Å². The molecule has 2 saturated heterocycles. The number of nitrogens with one attached hydrogen (secondary N) is 1. The zero-order valence-corrected chi connectivity index (χ0v) is 8.54. The van der Waals surface area contributed by atoms with Gasteiger partial charge in [0.2, 0.25) is 0 Å². The highest BCUT2D eigenvalue weighted by molar-refractivity contribution is 5.95. The van der Waals surface area contributed by atoms with Crippen LogP contribution in [0.2, 0.25) is 0 Å². The number of aliphatic imine (C=N–C) groups is 1. The van der Waals surface area contributed by atoms with Crippen LogP contribution >= 0.6 is 0 Å². The van der Waals surface area contributed by atoms with E-state index in [-0.39, 0.29) is 18.7 Å². The number of fused-ring (bicyclic) bond motifs is 3. The SMILES string of the molecule is N=C1CCN2C(=N1)OC1[C@@H](O)[C@@H](CO)O[C@H]12. The fourth-order valence-electron chi connectivity index (χ4n) is 2.26. The molecule has 0 aromatic heterocycles. The molecule has 0 bridgehead atoms. The van der Waals surface area contributed by atoms with Crippen molar-refractivity contribution >= 4 is 11.9 Å². The minimum atomic E-state index is -0.850. The molecule has 0 spiro atoms. The lowest BCUT2D eigenvalue weighted by molar-refractivity contribution is -0.0559. The van der Waals surface area contributed by atoms with Crippen molar-refractivity contribution in [3.05, 3.63) is 0 Å². The van der Waals surface area contributed by atoms with Crippen LogP contribution in [0.5, 0.6) is 0 Å². The molecule has 16 heavy (non-hydrogen) atoms. The smallest absolute Gasteiger partial charge is 0.296 e. The summed E-state index contributed by atoms with van der Waals surface area (Å²) >= 11 is 0. The Kier molecular flexibility index (Phi) is 2.13. The summed E-state index contributed by atoms with van der Waals surface area (Å²) in [5.74, 6) is 0.277. The molecule has 3 N–H and O–H groups in total. The standard InChI is InChI=1S/C9H13N3O4/c10-5-1-2-12-8-7(16-9(12)11-5)6(14)4(3-13)15-8/h4,6-8,10,13-14H,1-3H2/t4-,6+,7?,8-/m1/s1. The summed E-state index contributed by atoms with van der Waals surface area (Å²) in [7, 11) is 0. The molecule has 7 nitrogen and oxygen atoms in total. The van der Waals surface area contributed by atoms with Crippen LogP contribution in [0.25, 0.3) is 0 Å². The van der Waals surface area contributed by atoms with E-state index < -0.39 is 18.3 Å². The van der Waals surface area contributed by atoms with E-state index in [1.807, 2.05) is 0 Å². The molecular weight excluding hydrogens is 214 g/mol. The van der Waals surface area contributed by atoms with Gasteiger partial charge in [-0.3, -0.25) is 10.3 Å². The van der Waals surface area contributed by atoms with E-state index in [0.29, 0.717) is 19.0 Å². The van der Waals surface area contributed by atoms with Crippen LogP contribution in [0, 0.1) is 5.41 Å². The van der Waals surface area contributed by atoms with Crippen molar-refractivity contribution in [2.45, 2.75) is 31.0 Å². The fraction of sp³-hybridized carbons (Fsp3) is 0.778. The highest BCUT2D eigenvalue weighted by atomic mass is 16.6. The van der Waals surface area contributed by atoms with Gasteiger partial charge in [-0.15, -0.1) is 0 Å². The Morgan fingerprint density at radius 1 is 1.56 bits per heavy atom. The van der Waals surface area contributed by atoms with E-state index in [1.54, 1.807) is 4.90 Å². The molecule has 3 aliphatic rings. The van der Waals surface area contributed by atoms with Crippen molar-refractivity contribution in [3.8, 4) is 0 Å². The second-order valence-corrected chi connectivity index (χ2v) is 4.11. The average molecular weight is 227 g/mol. The van der Waals surface area contributed by atoms with E-state index in [9.17, 15) is 5.11 Å². The molecule has 0 aromatic carbocycles. The number of aliphatic hydroxyl groups excluding tert-OH is 2. The van der Waals surface area contributed by atoms with Crippen molar-refractivity contribution in [1.29, 1.82) is 5.41 Å². The van der Waals surface area contributed by atoms with Gasteiger partial charge in [0.1, 0.15) is 18.0 Å². The van der Waals surface area contributed by atoms with E-state index in [0.717, 1.165) is 0 Å². The van der Waals surface area contributed by atoms with Gasteiger partial charge in [0.15, 0.2) is 12.3 Å². The maximum absolute atomic E-state index is 9.83. The first-order valence-electron chi connectivity index (χ1n) is 5.24. The first-order chi connectivity index (χ1) is 7.70. The van der Waals surface area contributed by atoms with Gasteiger partial charge in [0.25, 0.3) is 6.02 Å². The molecule has 4 atom stereocenters. The fourth-order valence-corrected chi connectivity index (χ4v) is 2.26. The van der Waals surface area contributed by atoms with Gasteiger partial charge in [0.05, 0.1) is 6.61 Å². The van der Waals surface area contributed by atoms with Crippen LogP contribution in [-0.2, 0) is 9.47 Å². The second-order valence-electron chi connectivity index (χ2n) is 4.11. The van der Waals surface area contributed by atoms with E-state index in [2.05, 4.69) is 4.99 Å². The number of hydrogen-bond donors (Lipinski definition) is 3. The number of hydrogen-bond acceptors (Lipinski definition) is 6. The molecule has 1 unspecified atom stereocenters. The Bertz CT molecular complexity index is 359. The van der Waals surface area contributed by atoms with Gasteiger partial charge in [-0.25, -0.2) is 0 Å². The van der Waals surface area contributed by atoms with Gasteiger partial charge >= 0.3 is 0 Å². The number of nitrogens with zero attached hydrogens (tertiary/aromatic N) is 2. The summed E-state index contributed by atoms with van der Waals surface area (Å²) in [6.07, 6.45) is -1.81. The van der Waals surface area contributed by atoms with E-state index in [4.69, 9.17) is 20.0 Å². The van der Waals surface area contributed by atoms with Crippen molar-refractivity contribution in [1.82, 2.24) is 4.90 Å². The predicted octanol–water partition coefficient (Wildman–Crippen LogP) is -1.50. The lowest BCUT2D eigenvalue weighted by Gasteiger charge is -2.25. The normalized spacial score (nSPS) is 41.5. The largest absolute Gasteiger partial charge is 0.454 e. The first kappa shape index (κ1) is 10.0. The Hall–Kier alpha value is -1.18. The zero-order chi connectivity index (χ0) is 11.3. The van der Waals surface area contributed by atoms with Gasteiger partial charge < -0.3 is 19.7 Å². The lowest BCUT2D eigenvalue weighted by Crippen LogP contribution is -2.40. The topological polar surface area (TPSA) is 98.4 Å². The predicted molar refractivity (Wildman–Crippen MR) is 53.1 cm³/mol. The summed E-state index contributed by atoms with van der Waals surface area (Å²) in [4.78, 5) is 5.76. The molecule has 0 aromatic rings. The number of amidine groups is 2. The Morgan fingerprint density at radius 3 is 3.12 bits per heavy atom. The molecule has 0 radical (unpaired) electrons. The van der Waals surface area contributed by atoms with Crippen LogP contribution in [0.15, 0.2) is 4.99 Å². The second kappa shape index (κ2) is 3.41. The first-order valence-corrected chi connectivity index (χ1v) is 5.24. The maximum Gasteiger partial charge on any atom is 0.296 e. The Labute approximate surface area is 91.8 Å². The van der Waals surface area contributed by atoms with Crippen molar-refractivity contribution in [2.75, 3.05) is 13.2 Å². The monoisotopic (exact) mass is 227 g/mol. The third-order valence-electron chi connectivity index (χ3n) is 3.11. The number of aliphatic hydroxyl groups is 2. The Morgan fingerprint density at radius 2 is 2.38 bits per heavy atom. The van der Waals surface area contributed by atoms with Gasteiger partial charge in [-0.2, -0.15) is 4.99 Å². The molecule has 88 valence electrons. The molecular formula is C9H13N3O4. The molecule has 0 aliphatic carbocycles. The van der Waals surface area contributed by atoms with E-state index >= 15 is 0 Å². The van der Waals surface area contributed by atoms with Gasteiger partial charge in [0, 0.05) is 13.0 Å². The van der Waals surface area contributed by atoms with Crippen LogP contribution in [0.1, 0.15) is 6.42 Å². The van der Waals surface area contributed by atoms with Crippen LogP contribution < -0.4 is 0 Å². The maximum atomic E-state index is 9.83. The summed E-state index contributed by atoms with van der Waals surface area (Å²) in [5, 5.41) is 26.3. The van der Waals surface area contributed by atoms with E-state index in [1.165, 1.54) is 0 Å². The lowest BCUT2D eigenvalue weighted by atomic mass is 10.1. The summed E-state index contributed by atoms with van der Waals surface area (Å²) in [5.41, 5.74) is 0. The average Bonchev–Trinajstić information content (AvgIpc) is 2.75. The molecule has 2 fully saturated rings. The number of ether oxygens (including phenoxy) is 2. The molecule has 7 heteroatoms. The third-order valence-corrected chi connectivity index (χ3v) is 3.11. The van der Waals surface area contributed by atoms with Gasteiger partial charge in [-0.1, -0.05) is 0 Å². The van der Waals surface area contributed by atoms with Crippen LogP contribution in [-0.4, -0.2) is 64.7 Å². The summed E-state index contributed by atoms with van der Waals surface area (Å²) in [6.45, 7) is 0.372. The minimum absolute atomic E-state index is 0.229. The molecule has 3 rings (SSSR count). The van der Waals surface area contributed by atoms with Crippen molar-refractivity contribution < 1.29 is 19.7 Å².